The molecular weight excluding hydrogens is 398 g/mol. The molecule has 1 aromatic heterocycles. The molecule has 0 saturated carbocycles. The summed E-state index contributed by atoms with van der Waals surface area (Å²) in [5, 5.41) is 24.2. The molecule has 0 spiro atoms. The van der Waals surface area contributed by atoms with Crippen LogP contribution in [0, 0.1) is 10.1 Å². The standard InChI is InChI=1S/C22H17N5O4/c28-20-9-6-15(10-19(20)27(30)31)13-23-26-22(29)16-7-8-17-18(12-16)25-21(24-17)11-14-4-2-1-3-5-14/h1-10,12-13,28H,11H2,(H,24,25)(H,26,29)/b23-13-. The van der Waals surface area contributed by atoms with Crippen LogP contribution in [0.15, 0.2) is 71.8 Å². The van der Waals surface area contributed by atoms with Crippen LogP contribution in [-0.2, 0) is 6.42 Å². The van der Waals surface area contributed by atoms with Gasteiger partial charge in [0.1, 0.15) is 5.82 Å². The van der Waals surface area contributed by atoms with Crippen molar-refractivity contribution in [2.75, 3.05) is 0 Å². The molecule has 0 aliphatic carbocycles. The summed E-state index contributed by atoms with van der Waals surface area (Å²) in [5.74, 6) is -0.0815. The van der Waals surface area contributed by atoms with E-state index in [9.17, 15) is 20.0 Å². The predicted molar refractivity (Wildman–Crippen MR) is 115 cm³/mol. The van der Waals surface area contributed by atoms with Gasteiger partial charge in [0.05, 0.1) is 22.2 Å². The normalized spacial score (nSPS) is 11.1. The summed E-state index contributed by atoms with van der Waals surface area (Å²) in [6.07, 6.45) is 1.91. The molecule has 154 valence electrons. The molecular formula is C22H17N5O4. The lowest BCUT2D eigenvalue weighted by Gasteiger charge is -2.00. The Morgan fingerprint density at radius 2 is 1.97 bits per heavy atom. The summed E-state index contributed by atoms with van der Waals surface area (Å²) in [6.45, 7) is 0. The van der Waals surface area contributed by atoms with Gasteiger partial charge in [-0.3, -0.25) is 14.9 Å². The van der Waals surface area contributed by atoms with Crippen molar-refractivity contribution >= 4 is 28.8 Å². The number of amides is 1. The smallest absolute Gasteiger partial charge is 0.311 e. The van der Waals surface area contributed by atoms with E-state index in [4.69, 9.17) is 0 Å². The maximum absolute atomic E-state index is 12.4. The Balaban J connectivity index is 1.46. The van der Waals surface area contributed by atoms with Gasteiger partial charge in [0, 0.05) is 23.6 Å². The van der Waals surface area contributed by atoms with Gasteiger partial charge in [-0.2, -0.15) is 5.10 Å². The number of imidazole rings is 1. The van der Waals surface area contributed by atoms with E-state index in [0.29, 0.717) is 17.5 Å². The second kappa shape index (κ2) is 8.46. The lowest BCUT2D eigenvalue weighted by atomic mass is 10.1. The lowest BCUT2D eigenvalue weighted by Crippen LogP contribution is -2.17. The summed E-state index contributed by atoms with van der Waals surface area (Å²) in [5.41, 5.74) is 5.31. The molecule has 9 nitrogen and oxygen atoms in total. The Morgan fingerprint density at radius 3 is 2.74 bits per heavy atom. The van der Waals surface area contributed by atoms with E-state index >= 15 is 0 Å². The summed E-state index contributed by atoms with van der Waals surface area (Å²) in [4.78, 5) is 30.4. The van der Waals surface area contributed by atoms with Crippen LogP contribution < -0.4 is 5.43 Å². The molecule has 4 rings (SSSR count). The van der Waals surface area contributed by atoms with Crippen molar-refractivity contribution in [1.82, 2.24) is 15.4 Å². The summed E-state index contributed by atoms with van der Waals surface area (Å²) >= 11 is 0. The van der Waals surface area contributed by atoms with E-state index in [2.05, 4.69) is 20.5 Å². The van der Waals surface area contributed by atoms with E-state index in [1.54, 1.807) is 18.2 Å². The number of aromatic nitrogens is 2. The molecule has 0 unspecified atom stereocenters. The molecule has 0 aliphatic rings. The van der Waals surface area contributed by atoms with Crippen LogP contribution in [0.25, 0.3) is 11.0 Å². The number of hydrogen-bond donors (Lipinski definition) is 3. The second-order valence-corrected chi connectivity index (χ2v) is 6.78. The van der Waals surface area contributed by atoms with Crippen LogP contribution >= 0.6 is 0 Å². The van der Waals surface area contributed by atoms with E-state index in [-0.39, 0.29) is 0 Å². The van der Waals surface area contributed by atoms with Crippen LogP contribution in [0.2, 0.25) is 0 Å². The van der Waals surface area contributed by atoms with Gasteiger partial charge in [0.2, 0.25) is 0 Å². The van der Waals surface area contributed by atoms with Crippen molar-refractivity contribution in [3.8, 4) is 5.75 Å². The Hall–Kier alpha value is -4.53. The molecule has 0 atom stereocenters. The number of phenolic OH excluding ortho intramolecular Hbond substituents is 1. The van der Waals surface area contributed by atoms with Crippen molar-refractivity contribution in [3.05, 3.63) is 99.4 Å². The highest BCUT2D eigenvalue weighted by atomic mass is 16.6. The third kappa shape index (κ3) is 4.56. The van der Waals surface area contributed by atoms with Crippen LogP contribution in [0.1, 0.15) is 27.3 Å². The molecule has 3 aromatic carbocycles. The molecule has 0 saturated heterocycles. The Labute approximate surface area is 176 Å². The van der Waals surface area contributed by atoms with Gasteiger partial charge >= 0.3 is 5.69 Å². The third-order valence-corrected chi connectivity index (χ3v) is 4.58. The number of hydrogen-bond acceptors (Lipinski definition) is 6. The number of aromatic amines is 1. The average Bonchev–Trinajstić information content (AvgIpc) is 3.16. The number of carbonyl (C=O) groups is 1. The fourth-order valence-electron chi connectivity index (χ4n) is 3.07. The Morgan fingerprint density at radius 1 is 1.16 bits per heavy atom. The molecule has 3 N–H and O–H groups in total. The zero-order chi connectivity index (χ0) is 21.8. The number of hydrazone groups is 1. The van der Waals surface area contributed by atoms with Crippen molar-refractivity contribution in [2.24, 2.45) is 5.10 Å². The van der Waals surface area contributed by atoms with E-state index in [1.165, 1.54) is 18.3 Å². The minimum atomic E-state index is -0.697. The van der Waals surface area contributed by atoms with Crippen LogP contribution in [0.3, 0.4) is 0 Å². The third-order valence-electron chi connectivity index (χ3n) is 4.58. The summed E-state index contributed by atoms with van der Waals surface area (Å²) in [6, 6.07) is 18.8. The molecule has 0 radical (unpaired) electrons. The first kappa shape index (κ1) is 19.8. The number of nitro benzene ring substituents is 1. The monoisotopic (exact) mass is 415 g/mol. The number of benzene rings is 3. The minimum Gasteiger partial charge on any atom is -0.502 e. The van der Waals surface area contributed by atoms with Crippen molar-refractivity contribution in [2.45, 2.75) is 6.42 Å². The maximum atomic E-state index is 12.4. The van der Waals surface area contributed by atoms with Gasteiger partial charge < -0.3 is 10.1 Å². The maximum Gasteiger partial charge on any atom is 0.311 e. The Bertz CT molecular complexity index is 1300. The molecule has 1 amide bonds. The molecule has 31 heavy (non-hydrogen) atoms. The van der Waals surface area contributed by atoms with E-state index in [0.717, 1.165) is 28.5 Å². The number of nitrogens with one attached hydrogen (secondary N) is 2. The summed E-state index contributed by atoms with van der Waals surface area (Å²) < 4.78 is 0. The van der Waals surface area contributed by atoms with Gasteiger partial charge in [0.15, 0.2) is 5.75 Å². The SMILES string of the molecule is O=C(N/N=C\c1ccc(O)c([N+](=O)[O-])c1)c1ccc2nc(Cc3ccccc3)[nH]c2c1. The molecule has 0 aliphatic heterocycles. The predicted octanol–water partition coefficient (Wildman–Crippen LogP) is 3.53. The summed E-state index contributed by atoms with van der Waals surface area (Å²) in [7, 11) is 0. The molecule has 0 fully saturated rings. The Kier molecular flexibility index (Phi) is 5.39. The highest BCUT2D eigenvalue weighted by Gasteiger charge is 2.13. The largest absolute Gasteiger partial charge is 0.502 e. The number of phenols is 1. The van der Waals surface area contributed by atoms with Crippen molar-refractivity contribution in [1.29, 1.82) is 0 Å². The first-order valence-electron chi connectivity index (χ1n) is 9.33. The molecule has 4 aromatic rings. The average molecular weight is 415 g/mol. The fraction of sp³-hybridized carbons (Fsp3) is 0.0455. The number of nitro groups is 1. The van der Waals surface area contributed by atoms with Crippen LogP contribution in [0.4, 0.5) is 5.69 Å². The molecule has 1 heterocycles. The van der Waals surface area contributed by atoms with Crippen molar-refractivity contribution in [3.63, 3.8) is 0 Å². The van der Waals surface area contributed by atoms with E-state index < -0.39 is 22.3 Å². The quantitative estimate of drug-likeness (QED) is 0.252. The number of carbonyl (C=O) groups excluding carboxylic acids is 1. The number of nitrogens with zero attached hydrogens (tertiary/aromatic N) is 3. The highest BCUT2D eigenvalue weighted by molar-refractivity contribution is 5.97. The topological polar surface area (TPSA) is 134 Å². The lowest BCUT2D eigenvalue weighted by molar-refractivity contribution is -0.385. The van der Waals surface area contributed by atoms with Gasteiger partial charge in [-0.15, -0.1) is 0 Å². The first-order chi connectivity index (χ1) is 15.0. The number of rotatable bonds is 6. The zero-order valence-electron chi connectivity index (χ0n) is 16.1. The van der Waals surface area contributed by atoms with Gasteiger partial charge in [-0.1, -0.05) is 30.3 Å². The number of H-pyrrole nitrogens is 1. The number of aromatic hydroxyl groups is 1. The molecule has 9 heteroatoms. The highest BCUT2D eigenvalue weighted by Crippen LogP contribution is 2.25. The second-order valence-electron chi connectivity index (χ2n) is 6.78. The molecule has 0 bridgehead atoms. The minimum absolute atomic E-state index is 0.361. The van der Waals surface area contributed by atoms with Crippen LogP contribution in [-0.4, -0.2) is 32.1 Å². The fourth-order valence-corrected chi connectivity index (χ4v) is 3.07. The van der Waals surface area contributed by atoms with E-state index in [1.807, 2.05) is 30.3 Å². The number of fused-ring (bicyclic) bond motifs is 1. The first-order valence-corrected chi connectivity index (χ1v) is 9.33. The van der Waals surface area contributed by atoms with Crippen LogP contribution in [0.5, 0.6) is 5.75 Å². The van der Waals surface area contributed by atoms with Gasteiger partial charge in [-0.05, 0) is 35.9 Å². The van der Waals surface area contributed by atoms with Gasteiger partial charge in [0.25, 0.3) is 5.91 Å². The zero-order valence-corrected chi connectivity index (χ0v) is 16.1. The van der Waals surface area contributed by atoms with Crippen molar-refractivity contribution < 1.29 is 14.8 Å². The van der Waals surface area contributed by atoms with Gasteiger partial charge in [-0.25, -0.2) is 10.4 Å².